The summed E-state index contributed by atoms with van der Waals surface area (Å²) in [6.45, 7) is 9.95. The van der Waals surface area contributed by atoms with Crippen molar-refractivity contribution in [2.75, 3.05) is 13.6 Å². The highest BCUT2D eigenvalue weighted by molar-refractivity contribution is 5.95. The first-order chi connectivity index (χ1) is 21.9. The Morgan fingerprint density at radius 2 is 1.57 bits per heavy atom. The topological polar surface area (TPSA) is 171 Å². The lowest BCUT2D eigenvalue weighted by atomic mass is 9.93. The molecule has 2 aromatic rings. The minimum atomic E-state index is -5.08. The third-order valence-corrected chi connectivity index (χ3v) is 7.93. The molecule has 11 nitrogen and oxygen atoms in total. The number of carbonyl (C=O) groups is 5. The van der Waals surface area contributed by atoms with E-state index >= 15 is 0 Å². The van der Waals surface area contributed by atoms with Gasteiger partial charge in [0.15, 0.2) is 0 Å². The number of benzene rings is 2. The Balaban J connectivity index is 0.000000984. The lowest BCUT2D eigenvalue weighted by Crippen LogP contribution is -2.58. The minimum absolute atomic E-state index is 0.174. The van der Waals surface area contributed by atoms with Crippen molar-refractivity contribution < 1.29 is 42.3 Å². The van der Waals surface area contributed by atoms with Gasteiger partial charge in [0.1, 0.15) is 18.1 Å². The number of carbonyl (C=O) groups excluding carboxylic acids is 4. The molecule has 14 heteroatoms. The lowest BCUT2D eigenvalue weighted by Gasteiger charge is -2.31. The summed E-state index contributed by atoms with van der Waals surface area (Å²) in [5.74, 6) is -4.58. The summed E-state index contributed by atoms with van der Waals surface area (Å²) in [6.07, 6.45) is -3.74. The first-order valence-electron chi connectivity index (χ1n) is 15.2. The molecule has 47 heavy (non-hydrogen) atoms. The number of likely N-dealkylation sites (N-methyl/N-ethyl adjacent to an activating group) is 1. The van der Waals surface area contributed by atoms with Gasteiger partial charge in [-0.15, -0.1) is 0 Å². The monoisotopic (exact) mass is 663 g/mol. The maximum atomic E-state index is 13.5. The largest absolute Gasteiger partial charge is 0.490 e. The second kappa shape index (κ2) is 16.9. The van der Waals surface area contributed by atoms with Crippen LogP contribution in [0.1, 0.15) is 50.3 Å². The van der Waals surface area contributed by atoms with Crippen LogP contribution in [0.2, 0.25) is 0 Å². The molecule has 3 rings (SSSR count). The van der Waals surface area contributed by atoms with Gasteiger partial charge in [0.05, 0.1) is 6.04 Å². The summed E-state index contributed by atoms with van der Waals surface area (Å²) in [5, 5.41) is 15.6. The standard InChI is InChI=1S/C31H43N5O4.C2HF3O2/c1-18(2)27(35-29(38)21(5)33-6)31(40)36-15-9-14-25(36)30(39)34-24(28(32)37)17-22-12-8-13-23(16-22)26-19(3)10-7-11-20(26)4;3-2(4,5)1(6)7/h7-8,10-13,16,18,21,24-25,27,33H,9,14-15,17H2,1-6H3,(H2,32,37)(H,34,39)(H,35,38);(H,6,7)/t21-,24-,25-,27-;/m0./s1. The lowest BCUT2D eigenvalue weighted by molar-refractivity contribution is -0.192. The molecule has 4 amide bonds. The fourth-order valence-corrected chi connectivity index (χ4v) is 5.25. The van der Waals surface area contributed by atoms with Crippen LogP contribution in [0.5, 0.6) is 0 Å². The fourth-order valence-electron chi connectivity index (χ4n) is 5.25. The van der Waals surface area contributed by atoms with Gasteiger partial charge in [-0.2, -0.15) is 13.2 Å². The number of halogens is 3. The molecule has 258 valence electrons. The van der Waals surface area contributed by atoms with Crippen LogP contribution >= 0.6 is 0 Å². The summed E-state index contributed by atoms with van der Waals surface area (Å²) in [4.78, 5) is 62.2. The van der Waals surface area contributed by atoms with Gasteiger partial charge < -0.3 is 31.7 Å². The van der Waals surface area contributed by atoms with Gasteiger partial charge in [0.25, 0.3) is 0 Å². The first-order valence-corrected chi connectivity index (χ1v) is 15.2. The molecule has 0 radical (unpaired) electrons. The van der Waals surface area contributed by atoms with Crippen LogP contribution in [0.4, 0.5) is 13.2 Å². The molecular formula is C33H44F3N5O6. The van der Waals surface area contributed by atoms with E-state index in [2.05, 4.69) is 41.9 Å². The smallest absolute Gasteiger partial charge is 0.475 e. The number of nitrogens with two attached hydrogens (primary N) is 1. The summed E-state index contributed by atoms with van der Waals surface area (Å²) < 4.78 is 31.7. The van der Waals surface area contributed by atoms with E-state index < -0.39 is 48.1 Å². The number of aryl methyl sites for hydroxylation is 2. The number of hydrogen-bond acceptors (Lipinski definition) is 6. The molecule has 2 aromatic carbocycles. The van der Waals surface area contributed by atoms with Gasteiger partial charge in [-0.3, -0.25) is 19.2 Å². The SMILES string of the molecule is CN[C@@H](C)C(=O)N[C@H](C(=O)N1CCC[C@H]1C(=O)N[C@@H](Cc1cccc(-c2c(C)cccc2C)c1)C(N)=O)C(C)C.O=C(O)C(F)(F)F. The van der Waals surface area contributed by atoms with Crippen LogP contribution in [-0.4, -0.2) is 83.5 Å². The predicted octanol–water partition coefficient (Wildman–Crippen LogP) is 2.86. The number of rotatable bonds is 11. The zero-order chi connectivity index (χ0) is 35.6. The van der Waals surface area contributed by atoms with E-state index in [1.54, 1.807) is 14.0 Å². The van der Waals surface area contributed by atoms with E-state index in [0.717, 1.165) is 27.8 Å². The normalized spacial score (nSPS) is 16.4. The van der Waals surface area contributed by atoms with E-state index in [9.17, 15) is 32.3 Å². The summed E-state index contributed by atoms with van der Waals surface area (Å²) >= 11 is 0. The van der Waals surface area contributed by atoms with Crippen molar-refractivity contribution in [1.82, 2.24) is 20.9 Å². The quantitative estimate of drug-likeness (QED) is 0.246. The molecule has 0 saturated carbocycles. The fraction of sp³-hybridized carbons (Fsp3) is 0.485. The molecule has 4 atom stereocenters. The molecule has 1 heterocycles. The van der Waals surface area contributed by atoms with Crippen LogP contribution < -0.4 is 21.7 Å². The van der Waals surface area contributed by atoms with Crippen LogP contribution in [0, 0.1) is 19.8 Å². The summed E-state index contributed by atoms with van der Waals surface area (Å²) in [5.41, 5.74) is 11.1. The molecule has 0 aliphatic carbocycles. The van der Waals surface area contributed by atoms with Crippen LogP contribution in [-0.2, 0) is 30.4 Å². The second-order valence-corrected chi connectivity index (χ2v) is 11.9. The Labute approximate surface area is 272 Å². The van der Waals surface area contributed by atoms with Gasteiger partial charge in [-0.05, 0) is 74.4 Å². The number of alkyl halides is 3. The number of hydrogen-bond donors (Lipinski definition) is 5. The number of likely N-dealkylation sites (tertiary alicyclic amines) is 1. The molecule has 6 N–H and O–H groups in total. The van der Waals surface area contributed by atoms with Crippen molar-refractivity contribution in [3.05, 3.63) is 59.2 Å². The van der Waals surface area contributed by atoms with Gasteiger partial charge in [-0.1, -0.05) is 56.3 Å². The van der Waals surface area contributed by atoms with Gasteiger partial charge >= 0.3 is 12.1 Å². The third kappa shape index (κ3) is 10.8. The van der Waals surface area contributed by atoms with E-state index in [1.807, 2.05) is 44.2 Å². The maximum Gasteiger partial charge on any atom is 0.490 e. The Morgan fingerprint density at radius 3 is 2.09 bits per heavy atom. The van der Waals surface area contributed by atoms with Crippen molar-refractivity contribution in [2.45, 2.75) is 84.2 Å². The van der Waals surface area contributed by atoms with Crippen molar-refractivity contribution >= 4 is 29.6 Å². The Kier molecular flexibility index (Phi) is 13.9. The third-order valence-electron chi connectivity index (χ3n) is 7.93. The average Bonchev–Trinajstić information content (AvgIpc) is 3.49. The molecule has 1 fully saturated rings. The summed E-state index contributed by atoms with van der Waals surface area (Å²) in [6, 6.07) is 11.1. The highest BCUT2D eigenvalue weighted by Gasteiger charge is 2.40. The Morgan fingerprint density at radius 1 is 1.00 bits per heavy atom. The second-order valence-electron chi connectivity index (χ2n) is 11.9. The number of amides is 4. The molecular weight excluding hydrogens is 619 g/mol. The number of nitrogens with one attached hydrogen (secondary N) is 3. The zero-order valence-electron chi connectivity index (χ0n) is 27.4. The average molecular weight is 664 g/mol. The highest BCUT2D eigenvalue weighted by Crippen LogP contribution is 2.28. The molecule has 1 saturated heterocycles. The molecule has 1 aliphatic rings. The van der Waals surface area contributed by atoms with Crippen molar-refractivity contribution in [3.63, 3.8) is 0 Å². The molecule has 1 aliphatic heterocycles. The molecule has 0 aromatic heterocycles. The predicted molar refractivity (Wildman–Crippen MR) is 170 cm³/mol. The van der Waals surface area contributed by atoms with E-state index in [-0.39, 0.29) is 24.2 Å². The zero-order valence-corrected chi connectivity index (χ0v) is 27.4. The number of nitrogens with zero attached hydrogens (tertiary/aromatic N) is 1. The molecule has 0 unspecified atom stereocenters. The number of carboxylic acid groups (broad SMARTS) is 1. The number of primary amides is 1. The van der Waals surface area contributed by atoms with Crippen molar-refractivity contribution in [1.29, 1.82) is 0 Å². The van der Waals surface area contributed by atoms with E-state index in [1.165, 1.54) is 4.90 Å². The van der Waals surface area contributed by atoms with Crippen molar-refractivity contribution in [2.24, 2.45) is 11.7 Å². The number of aliphatic carboxylic acids is 1. The van der Waals surface area contributed by atoms with E-state index in [4.69, 9.17) is 15.6 Å². The maximum absolute atomic E-state index is 13.5. The number of carboxylic acids is 1. The highest BCUT2D eigenvalue weighted by atomic mass is 19.4. The van der Waals surface area contributed by atoms with Crippen LogP contribution in [0.15, 0.2) is 42.5 Å². The van der Waals surface area contributed by atoms with E-state index in [0.29, 0.717) is 19.4 Å². The van der Waals surface area contributed by atoms with Crippen LogP contribution in [0.25, 0.3) is 11.1 Å². The summed E-state index contributed by atoms with van der Waals surface area (Å²) in [7, 11) is 1.67. The van der Waals surface area contributed by atoms with Gasteiger partial charge in [-0.25, -0.2) is 4.79 Å². The molecule has 0 bridgehead atoms. The van der Waals surface area contributed by atoms with Crippen molar-refractivity contribution in [3.8, 4) is 11.1 Å². The molecule has 0 spiro atoms. The minimum Gasteiger partial charge on any atom is -0.475 e. The Hall–Kier alpha value is -4.46. The first kappa shape index (κ1) is 38.7. The van der Waals surface area contributed by atoms with Gasteiger partial charge in [0, 0.05) is 13.0 Å². The van der Waals surface area contributed by atoms with Crippen LogP contribution in [0.3, 0.4) is 0 Å². The van der Waals surface area contributed by atoms with Gasteiger partial charge in [0.2, 0.25) is 23.6 Å². The Bertz CT molecular complexity index is 1430.